The Bertz CT molecular complexity index is 1110. The van der Waals surface area contributed by atoms with Crippen molar-refractivity contribution < 1.29 is 46.1 Å². The van der Waals surface area contributed by atoms with E-state index in [0.29, 0.717) is 50.9 Å². The maximum Gasteiger partial charge on any atom is 0.416 e. The number of aliphatic carboxylic acids is 1. The van der Waals surface area contributed by atoms with E-state index in [2.05, 4.69) is 4.90 Å². The lowest BCUT2D eigenvalue weighted by Crippen LogP contribution is -2.47. The van der Waals surface area contributed by atoms with E-state index in [-0.39, 0.29) is 30.2 Å². The molecule has 2 aromatic rings. The first-order valence-corrected chi connectivity index (χ1v) is 13.4. The van der Waals surface area contributed by atoms with E-state index in [9.17, 15) is 41.4 Å². The van der Waals surface area contributed by atoms with Gasteiger partial charge in [0, 0.05) is 11.5 Å². The van der Waals surface area contributed by atoms with Crippen molar-refractivity contribution in [3.8, 4) is 0 Å². The number of aliphatic hydroxyl groups is 1. The lowest BCUT2D eigenvalue weighted by atomic mass is 9.68. The molecule has 0 aromatic heterocycles. The van der Waals surface area contributed by atoms with Crippen LogP contribution >= 0.6 is 0 Å². The van der Waals surface area contributed by atoms with Crippen LogP contribution in [0.4, 0.5) is 26.3 Å². The van der Waals surface area contributed by atoms with Gasteiger partial charge >= 0.3 is 18.3 Å². The van der Waals surface area contributed by atoms with Gasteiger partial charge < -0.3 is 19.8 Å². The van der Waals surface area contributed by atoms with Gasteiger partial charge in [-0.1, -0.05) is 30.3 Å². The van der Waals surface area contributed by atoms with Gasteiger partial charge in [-0.05, 0) is 80.9 Å². The number of nitrogens with zero attached hydrogens (tertiary/aromatic N) is 1. The Balaban J connectivity index is 1.53. The third-order valence-electron chi connectivity index (χ3n) is 8.40. The maximum atomic E-state index is 13.4. The predicted octanol–water partition coefficient (Wildman–Crippen LogP) is 6.45. The molecule has 0 radical (unpaired) electrons. The number of carboxylic acid groups (broad SMARTS) is 1. The Morgan fingerprint density at radius 3 is 1.95 bits per heavy atom. The van der Waals surface area contributed by atoms with E-state index in [4.69, 9.17) is 4.74 Å². The van der Waals surface area contributed by atoms with Gasteiger partial charge in [-0.2, -0.15) is 26.3 Å². The topological polar surface area (TPSA) is 70.0 Å². The second-order valence-electron chi connectivity index (χ2n) is 10.8. The predicted molar refractivity (Wildman–Crippen MR) is 135 cm³/mol. The van der Waals surface area contributed by atoms with Gasteiger partial charge in [0.2, 0.25) is 0 Å². The lowest BCUT2D eigenvalue weighted by Gasteiger charge is -2.45. The highest BCUT2D eigenvalue weighted by atomic mass is 19.4. The second-order valence-corrected chi connectivity index (χ2v) is 10.8. The highest BCUT2D eigenvalue weighted by molar-refractivity contribution is 5.70. The van der Waals surface area contributed by atoms with Crippen molar-refractivity contribution in [1.82, 2.24) is 4.90 Å². The number of rotatable bonds is 8. The number of hydrogen-bond acceptors (Lipinski definition) is 4. The SMILES string of the molecule is O=C(O)C1CCN([C@H]2CC[C@](COC(CO)c3cc(C(F)(F)F)cc(C(F)(F)F)c3)(c3ccccc3)CC2)CC1. The first-order chi connectivity index (χ1) is 18.8. The number of benzene rings is 2. The highest BCUT2D eigenvalue weighted by Crippen LogP contribution is 2.43. The Hall–Kier alpha value is -2.63. The summed E-state index contributed by atoms with van der Waals surface area (Å²) in [5, 5.41) is 19.3. The minimum atomic E-state index is -5.00. The van der Waals surface area contributed by atoms with Crippen LogP contribution in [0.1, 0.15) is 66.9 Å². The fraction of sp³-hybridized carbons (Fsp3) is 0.552. The summed E-state index contributed by atoms with van der Waals surface area (Å²) in [7, 11) is 0. The molecule has 220 valence electrons. The molecule has 0 amide bonds. The molecular formula is C29H33F6NO4. The Labute approximate surface area is 228 Å². The van der Waals surface area contributed by atoms with E-state index in [1.54, 1.807) is 0 Å². The van der Waals surface area contributed by atoms with Crippen molar-refractivity contribution in [3.05, 3.63) is 70.8 Å². The molecule has 1 heterocycles. The summed E-state index contributed by atoms with van der Waals surface area (Å²) in [6, 6.07) is 11.0. The molecule has 1 saturated carbocycles. The minimum Gasteiger partial charge on any atom is -0.481 e. The summed E-state index contributed by atoms with van der Waals surface area (Å²) in [5.74, 6) is -1.11. The monoisotopic (exact) mass is 573 g/mol. The van der Waals surface area contributed by atoms with Gasteiger partial charge in [0.15, 0.2) is 0 Å². The Kier molecular flexibility index (Phi) is 9.16. The molecule has 11 heteroatoms. The van der Waals surface area contributed by atoms with Crippen LogP contribution in [0.2, 0.25) is 0 Å². The largest absolute Gasteiger partial charge is 0.481 e. The van der Waals surface area contributed by atoms with Crippen molar-refractivity contribution in [3.63, 3.8) is 0 Å². The molecule has 1 unspecified atom stereocenters. The average molecular weight is 574 g/mol. The molecule has 0 bridgehead atoms. The lowest BCUT2D eigenvalue weighted by molar-refractivity contribution is -0.144. The van der Waals surface area contributed by atoms with Gasteiger partial charge in [-0.15, -0.1) is 0 Å². The first kappa shape index (κ1) is 30.3. The van der Waals surface area contributed by atoms with Gasteiger partial charge in [0.05, 0.1) is 30.3 Å². The van der Waals surface area contributed by atoms with Crippen molar-refractivity contribution in [2.45, 2.75) is 68.4 Å². The Morgan fingerprint density at radius 1 is 0.925 bits per heavy atom. The molecule has 1 aliphatic carbocycles. The molecule has 40 heavy (non-hydrogen) atoms. The van der Waals surface area contributed by atoms with Crippen molar-refractivity contribution in [2.24, 2.45) is 5.92 Å². The van der Waals surface area contributed by atoms with Crippen molar-refractivity contribution in [2.75, 3.05) is 26.3 Å². The molecule has 0 spiro atoms. The molecule has 5 nitrogen and oxygen atoms in total. The zero-order valence-electron chi connectivity index (χ0n) is 21.8. The second kappa shape index (κ2) is 12.1. The smallest absolute Gasteiger partial charge is 0.416 e. The van der Waals surface area contributed by atoms with Crippen LogP contribution in [0.25, 0.3) is 0 Å². The molecule has 1 atom stereocenters. The van der Waals surface area contributed by atoms with Crippen LogP contribution in [0, 0.1) is 5.92 Å². The van der Waals surface area contributed by atoms with E-state index in [1.807, 2.05) is 30.3 Å². The summed E-state index contributed by atoms with van der Waals surface area (Å²) < 4.78 is 86.4. The highest BCUT2D eigenvalue weighted by Gasteiger charge is 2.41. The number of piperidine rings is 1. The van der Waals surface area contributed by atoms with Crippen LogP contribution in [-0.4, -0.2) is 53.4 Å². The zero-order chi connectivity index (χ0) is 29.1. The average Bonchev–Trinajstić information content (AvgIpc) is 2.93. The zero-order valence-corrected chi connectivity index (χ0v) is 21.8. The standard InChI is InChI=1S/C29H33F6NO4/c30-28(31,32)22-14-20(15-23(16-22)29(33,34)35)25(17-37)40-18-27(21-4-2-1-3-5-21)10-6-24(7-11-27)36-12-8-19(9-13-36)26(38)39/h1-5,14-16,19,24-25,37H,6-13,17-18H2,(H,38,39)/t24-,25?,27-. The van der Waals surface area contributed by atoms with E-state index in [1.165, 1.54) is 0 Å². The van der Waals surface area contributed by atoms with Crippen LogP contribution in [0.3, 0.4) is 0 Å². The molecular weight excluding hydrogens is 540 g/mol. The molecule has 2 fully saturated rings. The molecule has 1 aliphatic heterocycles. The number of hydrogen-bond donors (Lipinski definition) is 2. The molecule has 2 aromatic carbocycles. The first-order valence-electron chi connectivity index (χ1n) is 13.4. The minimum absolute atomic E-state index is 0.00758. The number of halogens is 6. The summed E-state index contributed by atoms with van der Waals surface area (Å²) in [6.45, 7) is 0.610. The third kappa shape index (κ3) is 6.98. The molecule has 2 aliphatic rings. The summed E-state index contributed by atoms with van der Waals surface area (Å²) in [6.07, 6.45) is -7.32. The molecule has 4 rings (SSSR count). The van der Waals surface area contributed by atoms with Gasteiger partial charge in [-0.25, -0.2) is 0 Å². The number of carboxylic acids is 1. The number of likely N-dealkylation sites (tertiary alicyclic amines) is 1. The van der Waals surface area contributed by atoms with Gasteiger partial charge in [0.1, 0.15) is 6.10 Å². The van der Waals surface area contributed by atoms with Crippen LogP contribution in [0.5, 0.6) is 0 Å². The van der Waals surface area contributed by atoms with Gasteiger partial charge in [-0.3, -0.25) is 4.79 Å². The van der Waals surface area contributed by atoms with Crippen LogP contribution < -0.4 is 0 Å². The summed E-state index contributed by atoms with van der Waals surface area (Å²) >= 11 is 0. The summed E-state index contributed by atoms with van der Waals surface area (Å²) in [4.78, 5) is 13.6. The van der Waals surface area contributed by atoms with Crippen LogP contribution in [-0.2, 0) is 27.3 Å². The Morgan fingerprint density at radius 2 is 1.48 bits per heavy atom. The normalized spacial score (nSPS) is 24.1. The van der Waals surface area contributed by atoms with Crippen molar-refractivity contribution >= 4 is 5.97 Å². The summed E-state index contributed by atoms with van der Waals surface area (Å²) in [5.41, 5.74) is -2.88. The number of alkyl halides is 6. The number of carbonyl (C=O) groups is 1. The fourth-order valence-electron chi connectivity index (χ4n) is 6.02. The molecule has 2 N–H and O–H groups in total. The van der Waals surface area contributed by atoms with E-state index in [0.717, 1.165) is 18.4 Å². The fourth-order valence-corrected chi connectivity index (χ4v) is 6.02. The number of ether oxygens (including phenoxy) is 1. The van der Waals surface area contributed by atoms with E-state index >= 15 is 0 Å². The number of aliphatic hydroxyl groups excluding tert-OH is 1. The quantitative estimate of drug-likeness (QED) is 0.355. The maximum absolute atomic E-state index is 13.4. The van der Waals surface area contributed by atoms with Gasteiger partial charge in [0.25, 0.3) is 0 Å². The third-order valence-corrected chi connectivity index (χ3v) is 8.40. The molecule has 1 saturated heterocycles. The van der Waals surface area contributed by atoms with Crippen molar-refractivity contribution in [1.29, 1.82) is 0 Å². The van der Waals surface area contributed by atoms with E-state index < -0.39 is 47.6 Å². The van der Waals surface area contributed by atoms with Crippen LogP contribution in [0.15, 0.2) is 48.5 Å².